The molecule has 0 radical (unpaired) electrons. The van der Waals surface area contributed by atoms with E-state index in [2.05, 4.69) is 4.98 Å². The van der Waals surface area contributed by atoms with Crippen molar-refractivity contribution in [3.63, 3.8) is 0 Å². The summed E-state index contributed by atoms with van der Waals surface area (Å²) in [5.74, 6) is -1.63. The van der Waals surface area contributed by atoms with Crippen LogP contribution in [0.1, 0.15) is 0 Å². The van der Waals surface area contributed by atoms with Crippen LogP contribution in [-0.4, -0.2) is 50.1 Å². The van der Waals surface area contributed by atoms with E-state index in [1.54, 1.807) is 30.3 Å². The van der Waals surface area contributed by atoms with Crippen molar-refractivity contribution in [1.82, 2.24) is 4.98 Å². The molecule has 0 saturated carbocycles. The molecular formula is C10H16N2O4S. The molecule has 1 rings (SSSR count). The number of sulfone groups is 1. The highest BCUT2D eigenvalue weighted by Gasteiger charge is 2.24. The number of H-pyrrole nitrogens is 1. The highest BCUT2D eigenvalue weighted by molar-refractivity contribution is 7.90. The average molecular weight is 260 g/mol. The number of aromatic amines is 1. The van der Waals surface area contributed by atoms with Crippen LogP contribution in [0.5, 0.6) is 0 Å². The fourth-order valence-electron chi connectivity index (χ4n) is 1.55. The Bertz CT molecular complexity index is 467. The summed E-state index contributed by atoms with van der Waals surface area (Å²) in [7, 11) is -1.59. The number of hydrogen-bond acceptors (Lipinski definition) is 4. The molecule has 0 amide bonds. The largest absolute Gasteiger partial charge is 0.481 e. The smallest absolute Gasteiger partial charge is 0.309 e. The first kappa shape index (κ1) is 13.6. The van der Waals surface area contributed by atoms with Gasteiger partial charge in [0.25, 0.3) is 0 Å². The number of carbonyl (C=O) groups is 1. The lowest BCUT2D eigenvalue weighted by Crippen LogP contribution is -2.34. The average Bonchev–Trinajstić information content (AvgIpc) is 2.66. The van der Waals surface area contributed by atoms with E-state index < -0.39 is 21.7 Å². The molecule has 0 aromatic carbocycles. The van der Waals surface area contributed by atoms with E-state index in [4.69, 9.17) is 5.11 Å². The lowest BCUT2D eigenvalue weighted by Gasteiger charge is -2.21. The van der Waals surface area contributed by atoms with Crippen LogP contribution in [0, 0.1) is 5.92 Å². The summed E-state index contributed by atoms with van der Waals surface area (Å²) in [4.78, 5) is 15.6. The second-order valence-corrected chi connectivity index (χ2v) is 6.25. The van der Waals surface area contributed by atoms with E-state index in [1.165, 1.54) is 0 Å². The predicted molar refractivity (Wildman–Crippen MR) is 64.9 cm³/mol. The summed E-state index contributed by atoms with van der Waals surface area (Å²) in [6.45, 7) is 0.142. The van der Waals surface area contributed by atoms with Crippen molar-refractivity contribution < 1.29 is 18.3 Å². The third-order valence-electron chi connectivity index (χ3n) is 2.34. The van der Waals surface area contributed by atoms with Gasteiger partial charge in [0.2, 0.25) is 0 Å². The van der Waals surface area contributed by atoms with Gasteiger partial charge in [-0.1, -0.05) is 0 Å². The number of carboxylic acids is 1. The van der Waals surface area contributed by atoms with Crippen molar-refractivity contribution in [2.75, 3.05) is 30.5 Å². The molecule has 7 heteroatoms. The first-order chi connectivity index (χ1) is 7.79. The molecule has 0 aliphatic heterocycles. The normalized spacial score (nSPS) is 13.3. The number of anilines is 1. The summed E-state index contributed by atoms with van der Waals surface area (Å²) in [6, 6.07) is 3.58. The summed E-state index contributed by atoms with van der Waals surface area (Å²) >= 11 is 0. The zero-order chi connectivity index (χ0) is 13.1. The molecule has 1 atom stereocenters. The van der Waals surface area contributed by atoms with Gasteiger partial charge in [-0.05, 0) is 12.1 Å². The Labute approximate surface area is 100 Å². The van der Waals surface area contributed by atoms with E-state index in [0.717, 1.165) is 12.1 Å². The summed E-state index contributed by atoms with van der Waals surface area (Å²) in [6.07, 6.45) is 2.76. The van der Waals surface area contributed by atoms with Crippen molar-refractivity contribution in [2.45, 2.75) is 0 Å². The van der Waals surface area contributed by atoms with E-state index in [9.17, 15) is 13.2 Å². The Balaban J connectivity index is 2.71. The van der Waals surface area contributed by atoms with Crippen molar-refractivity contribution >= 4 is 21.6 Å². The third kappa shape index (κ3) is 4.48. The minimum atomic E-state index is -3.30. The molecule has 1 heterocycles. The van der Waals surface area contributed by atoms with Gasteiger partial charge in [-0.15, -0.1) is 0 Å². The molecule has 17 heavy (non-hydrogen) atoms. The van der Waals surface area contributed by atoms with Gasteiger partial charge < -0.3 is 15.0 Å². The number of nitrogens with one attached hydrogen (secondary N) is 1. The number of carboxylic acid groups (broad SMARTS) is 1. The van der Waals surface area contributed by atoms with E-state index in [0.29, 0.717) is 0 Å². The molecule has 1 aromatic heterocycles. The Hall–Kier alpha value is -1.50. The molecule has 0 aliphatic rings. The summed E-state index contributed by atoms with van der Waals surface area (Å²) in [5.41, 5.74) is 0. The number of hydrogen-bond donors (Lipinski definition) is 2. The van der Waals surface area contributed by atoms with Gasteiger partial charge in [0.15, 0.2) is 0 Å². The second-order valence-electron chi connectivity index (χ2n) is 4.06. The first-order valence-electron chi connectivity index (χ1n) is 5.04. The predicted octanol–water partition coefficient (Wildman–Crippen LogP) is 0.196. The number of rotatable bonds is 6. The molecule has 0 saturated heterocycles. The van der Waals surface area contributed by atoms with E-state index >= 15 is 0 Å². The van der Waals surface area contributed by atoms with Crippen LogP contribution in [0.2, 0.25) is 0 Å². The molecule has 0 spiro atoms. The van der Waals surface area contributed by atoms with Crippen LogP contribution >= 0.6 is 0 Å². The minimum absolute atomic E-state index is 0.142. The number of aliphatic carboxylic acids is 1. The highest BCUT2D eigenvalue weighted by Crippen LogP contribution is 2.12. The van der Waals surface area contributed by atoms with Crippen LogP contribution in [0.4, 0.5) is 5.82 Å². The molecule has 0 bridgehead atoms. The van der Waals surface area contributed by atoms with Crippen molar-refractivity contribution in [3.8, 4) is 0 Å². The molecule has 0 fully saturated rings. The fourth-order valence-corrected chi connectivity index (χ4v) is 2.53. The van der Waals surface area contributed by atoms with Gasteiger partial charge in [0.1, 0.15) is 15.7 Å². The summed E-state index contributed by atoms with van der Waals surface area (Å²) in [5, 5.41) is 8.98. The number of aromatic nitrogens is 1. The van der Waals surface area contributed by atoms with Crippen molar-refractivity contribution in [3.05, 3.63) is 18.3 Å². The maximum absolute atomic E-state index is 11.1. The highest BCUT2D eigenvalue weighted by atomic mass is 32.2. The minimum Gasteiger partial charge on any atom is -0.481 e. The van der Waals surface area contributed by atoms with Gasteiger partial charge in [0, 0.05) is 26.0 Å². The lowest BCUT2D eigenvalue weighted by molar-refractivity contribution is -0.140. The van der Waals surface area contributed by atoms with Gasteiger partial charge >= 0.3 is 5.97 Å². The maximum atomic E-state index is 11.1. The van der Waals surface area contributed by atoms with Crippen molar-refractivity contribution in [1.29, 1.82) is 0 Å². The molecule has 0 aliphatic carbocycles. The molecule has 1 unspecified atom stereocenters. The standard InChI is InChI=1S/C10H16N2O4S/c1-12(9-4-3-5-11-9)6-8(10(13)14)7-17(2,15)16/h3-5,8,11H,6-7H2,1-2H3,(H,13,14). The molecular weight excluding hydrogens is 244 g/mol. The third-order valence-corrected chi connectivity index (χ3v) is 3.35. The molecule has 2 N–H and O–H groups in total. The van der Waals surface area contributed by atoms with E-state index in [1.807, 2.05) is 0 Å². The van der Waals surface area contributed by atoms with E-state index in [-0.39, 0.29) is 12.3 Å². The molecule has 6 nitrogen and oxygen atoms in total. The van der Waals surface area contributed by atoms with Gasteiger partial charge in [-0.3, -0.25) is 4.79 Å². The Morgan fingerprint density at radius 2 is 2.24 bits per heavy atom. The Morgan fingerprint density at radius 3 is 2.65 bits per heavy atom. The van der Waals surface area contributed by atoms with Crippen LogP contribution in [0.3, 0.4) is 0 Å². The lowest BCUT2D eigenvalue weighted by atomic mass is 10.2. The zero-order valence-corrected chi connectivity index (χ0v) is 10.6. The molecule has 96 valence electrons. The number of nitrogens with zero attached hydrogens (tertiary/aromatic N) is 1. The van der Waals surface area contributed by atoms with Gasteiger partial charge in [-0.2, -0.15) is 0 Å². The van der Waals surface area contributed by atoms with Crippen LogP contribution in [-0.2, 0) is 14.6 Å². The monoisotopic (exact) mass is 260 g/mol. The van der Waals surface area contributed by atoms with Crippen molar-refractivity contribution in [2.24, 2.45) is 5.92 Å². The van der Waals surface area contributed by atoms with Crippen LogP contribution < -0.4 is 4.90 Å². The topological polar surface area (TPSA) is 90.5 Å². The fraction of sp³-hybridized carbons (Fsp3) is 0.500. The quantitative estimate of drug-likeness (QED) is 0.762. The maximum Gasteiger partial charge on any atom is 0.309 e. The zero-order valence-electron chi connectivity index (χ0n) is 9.75. The summed E-state index contributed by atoms with van der Waals surface area (Å²) < 4.78 is 22.2. The Morgan fingerprint density at radius 1 is 1.59 bits per heavy atom. The van der Waals surface area contributed by atoms with Gasteiger partial charge in [-0.25, -0.2) is 8.42 Å². The Kier molecular flexibility index (Phi) is 4.17. The van der Waals surface area contributed by atoms with Crippen LogP contribution in [0.25, 0.3) is 0 Å². The molecule has 1 aromatic rings. The van der Waals surface area contributed by atoms with Crippen LogP contribution in [0.15, 0.2) is 18.3 Å². The van der Waals surface area contributed by atoms with Gasteiger partial charge in [0.05, 0.1) is 11.7 Å². The SMILES string of the molecule is CN(CC(CS(C)(=O)=O)C(=O)O)c1ccc[nH]1. The second kappa shape index (κ2) is 5.22. The first-order valence-corrected chi connectivity index (χ1v) is 7.10.